The number of rotatable bonds is 15. The molecule has 0 aliphatic rings. The van der Waals surface area contributed by atoms with Crippen molar-refractivity contribution in [2.45, 2.75) is 74.5 Å². The second kappa shape index (κ2) is 17.3. The molecule has 15 heteroatoms. The standard InChI is InChI=1S/C16H28N2O4SSi.C13H21NO4SSi/c1-13(12-24(2,3)4)11-17-9-10-18-16(19)14-7-5-6-8-15(14)23(20,21)22;1-20(2,3)10-6-9-14-13(15)11-7-4-5-8-12(11)19(16,17)18/h5-8,13,17H,9-12H2,1-4H3,(H,18,19)(H,20,21,22);4-5,7-8H,6,9-10H2,1-3H3,(H,14,15)(H,16,17,18)/p-2. The van der Waals surface area contributed by atoms with E-state index in [1.165, 1.54) is 42.4 Å². The number of amides is 2. The quantitative estimate of drug-likeness (QED) is 0.142. The molecule has 1 atom stereocenters. The third-order valence-corrected chi connectivity index (χ3v) is 11.8. The molecule has 0 radical (unpaired) electrons. The maximum atomic E-state index is 12.1. The Morgan fingerprint density at radius 3 is 1.55 bits per heavy atom. The summed E-state index contributed by atoms with van der Waals surface area (Å²) in [5, 5.41) is 8.59. The third-order valence-electron chi connectivity index (χ3n) is 6.23. The van der Waals surface area contributed by atoms with Gasteiger partial charge in [-0.2, -0.15) is 0 Å². The molecule has 2 aromatic carbocycles. The van der Waals surface area contributed by atoms with Crippen molar-refractivity contribution in [3.8, 4) is 0 Å². The summed E-state index contributed by atoms with van der Waals surface area (Å²) in [5.74, 6) is -0.490. The van der Waals surface area contributed by atoms with E-state index in [0.717, 1.165) is 31.1 Å². The molecule has 44 heavy (non-hydrogen) atoms. The van der Waals surface area contributed by atoms with Crippen LogP contribution in [0.25, 0.3) is 0 Å². The van der Waals surface area contributed by atoms with Crippen LogP contribution in [0.3, 0.4) is 0 Å². The maximum absolute atomic E-state index is 12.1. The van der Waals surface area contributed by atoms with Crippen molar-refractivity contribution in [2.24, 2.45) is 5.92 Å². The van der Waals surface area contributed by atoms with Gasteiger partial charge < -0.3 is 25.1 Å². The average molecular weight is 686 g/mol. The number of hydrogen-bond donors (Lipinski definition) is 3. The summed E-state index contributed by atoms with van der Waals surface area (Å²) in [7, 11) is -11.5. The van der Waals surface area contributed by atoms with Gasteiger partial charge in [0, 0.05) is 35.8 Å². The molecule has 0 heterocycles. The minimum absolute atomic E-state index is 0.0875. The zero-order valence-corrected chi connectivity index (χ0v) is 30.4. The number of hydrogen-bond acceptors (Lipinski definition) is 9. The smallest absolute Gasteiger partial charge is 0.252 e. The van der Waals surface area contributed by atoms with Gasteiger partial charge in [0.15, 0.2) is 0 Å². The Hall–Kier alpha value is -2.41. The highest BCUT2D eigenvalue weighted by molar-refractivity contribution is 7.86. The van der Waals surface area contributed by atoms with Crippen LogP contribution in [0.2, 0.25) is 51.4 Å². The summed E-state index contributed by atoms with van der Waals surface area (Å²) in [4.78, 5) is 23.0. The van der Waals surface area contributed by atoms with Crippen LogP contribution >= 0.6 is 0 Å². The number of nitrogens with one attached hydrogen (secondary N) is 3. The average Bonchev–Trinajstić information content (AvgIpc) is 2.88. The first-order chi connectivity index (χ1) is 20.1. The van der Waals surface area contributed by atoms with Gasteiger partial charge in [0.05, 0.1) is 20.9 Å². The van der Waals surface area contributed by atoms with Crippen LogP contribution in [-0.2, 0) is 20.2 Å². The van der Waals surface area contributed by atoms with Crippen molar-refractivity contribution in [3.63, 3.8) is 0 Å². The summed E-state index contributed by atoms with van der Waals surface area (Å²) in [6, 6.07) is 13.2. The van der Waals surface area contributed by atoms with Crippen LogP contribution < -0.4 is 16.0 Å². The molecule has 0 aliphatic carbocycles. The Labute approximate surface area is 265 Å². The minimum Gasteiger partial charge on any atom is -0.744 e. The zero-order valence-electron chi connectivity index (χ0n) is 26.7. The monoisotopic (exact) mass is 685 g/mol. The van der Waals surface area contributed by atoms with Gasteiger partial charge in [0.1, 0.15) is 20.2 Å². The lowest BCUT2D eigenvalue weighted by Crippen LogP contribution is -2.35. The molecule has 0 bridgehead atoms. The van der Waals surface area contributed by atoms with Gasteiger partial charge in [-0.3, -0.25) is 9.59 Å². The van der Waals surface area contributed by atoms with Crippen LogP contribution in [-0.4, -0.2) is 80.1 Å². The van der Waals surface area contributed by atoms with E-state index in [9.17, 15) is 35.5 Å². The van der Waals surface area contributed by atoms with E-state index >= 15 is 0 Å². The molecule has 3 N–H and O–H groups in total. The molecule has 0 fully saturated rings. The van der Waals surface area contributed by atoms with Crippen molar-refractivity contribution < 1.29 is 35.5 Å². The van der Waals surface area contributed by atoms with E-state index in [0.29, 0.717) is 25.6 Å². The summed E-state index contributed by atoms with van der Waals surface area (Å²) in [5.41, 5.74) is -0.199. The topological polar surface area (TPSA) is 185 Å². The Balaban J connectivity index is 0.000000447. The molecular formula is C29H47N3O8S2Si2-2. The predicted molar refractivity (Wildman–Crippen MR) is 176 cm³/mol. The fourth-order valence-corrected chi connectivity index (χ4v) is 9.31. The Morgan fingerprint density at radius 1 is 0.705 bits per heavy atom. The number of carbonyl (C=O) groups excluding carboxylic acids is 2. The number of carbonyl (C=O) groups is 2. The molecule has 0 aliphatic heterocycles. The fraction of sp³-hybridized carbons (Fsp3) is 0.517. The zero-order chi connectivity index (χ0) is 33.8. The third kappa shape index (κ3) is 16.1. The first-order valence-electron chi connectivity index (χ1n) is 14.5. The van der Waals surface area contributed by atoms with E-state index in [2.05, 4.69) is 62.2 Å². The molecule has 1 unspecified atom stereocenters. The highest BCUT2D eigenvalue weighted by Gasteiger charge is 2.18. The Morgan fingerprint density at radius 2 is 1.14 bits per heavy atom. The predicted octanol–water partition coefficient (Wildman–Crippen LogP) is 3.93. The molecule has 0 saturated carbocycles. The maximum Gasteiger partial charge on any atom is 0.252 e. The molecular weight excluding hydrogens is 639 g/mol. The van der Waals surface area contributed by atoms with Crippen LogP contribution in [0.15, 0.2) is 58.3 Å². The van der Waals surface area contributed by atoms with Crippen LogP contribution in [0.5, 0.6) is 0 Å². The van der Waals surface area contributed by atoms with Gasteiger partial charge in [-0.1, -0.05) is 82.6 Å². The first-order valence-corrected chi connectivity index (χ1v) is 24.7. The van der Waals surface area contributed by atoms with E-state index < -0.39 is 58.0 Å². The highest BCUT2D eigenvalue weighted by atomic mass is 32.2. The molecule has 2 aromatic rings. The molecule has 2 rings (SSSR count). The fourth-order valence-electron chi connectivity index (χ4n) is 4.49. The van der Waals surface area contributed by atoms with Gasteiger partial charge in [-0.05, 0) is 43.1 Å². The lowest BCUT2D eigenvalue weighted by atomic mass is 10.2. The molecule has 248 valence electrons. The second-order valence-electron chi connectivity index (χ2n) is 13.2. The molecule has 0 saturated heterocycles. The Kier molecular flexibility index (Phi) is 15.6. The molecule has 0 spiro atoms. The van der Waals surface area contributed by atoms with Crippen LogP contribution in [0, 0.1) is 5.92 Å². The van der Waals surface area contributed by atoms with E-state index in [1.54, 1.807) is 0 Å². The SMILES string of the molecule is CC(CNCCNC(=O)c1ccccc1S(=O)(=O)[O-])C[Si](C)(C)C.C[Si](C)(C)CCCNC(=O)c1ccccc1S(=O)(=O)[O-]. The lowest BCUT2D eigenvalue weighted by molar-refractivity contribution is 0.0942. The molecule has 0 aromatic heterocycles. The summed E-state index contributed by atoms with van der Waals surface area (Å²) >= 11 is 0. The number of benzene rings is 2. The van der Waals surface area contributed by atoms with Crippen LogP contribution in [0.4, 0.5) is 0 Å². The summed E-state index contributed by atoms with van der Waals surface area (Å²) < 4.78 is 66.8. The molecule has 2 amide bonds. The van der Waals surface area contributed by atoms with Crippen molar-refractivity contribution in [2.75, 3.05) is 26.2 Å². The van der Waals surface area contributed by atoms with E-state index in [1.807, 2.05) is 0 Å². The second-order valence-corrected chi connectivity index (χ2v) is 27.0. The van der Waals surface area contributed by atoms with E-state index in [-0.39, 0.29) is 11.1 Å². The Bertz CT molecular complexity index is 1460. The van der Waals surface area contributed by atoms with Crippen LogP contribution in [0.1, 0.15) is 34.1 Å². The lowest BCUT2D eigenvalue weighted by Gasteiger charge is -2.21. The highest BCUT2D eigenvalue weighted by Crippen LogP contribution is 2.17. The normalized spacial score (nSPS) is 12.9. The van der Waals surface area contributed by atoms with E-state index in [4.69, 9.17) is 0 Å². The van der Waals surface area contributed by atoms with Gasteiger partial charge in [0.25, 0.3) is 11.8 Å². The van der Waals surface area contributed by atoms with Gasteiger partial charge in [-0.15, -0.1) is 0 Å². The van der Waals surface area contributed by atoms with Crippen molar-refractivity contribution in [1.29, 1.82) is 0 Å². The van der Waals surface area contributed by atoms with Gasteiger partial charge in [-0.25, -0.2) is 16.8 Å². The van der Waals surface area contributed by atoms with Crippen molar-refractivity contribution >= 4 is 48.2 Å². The van der Waals surface area contributed by atoms with Gasteiger partial charge in [0.2, 0.25) is 0 Å². The summed E-state index contributed by atoms with van der Waals surface area (Å²) in [6.45, 7) is 18.3. The first kappa shape index (κ1) is 39.6. The molecule has 11 nitrogen and oxygen atoms in total. The van der Waals surface area contributed by atoms with Crippen molar-refractivity contribution in [3.05, 3.63) is 59.7 Å². The largest absolute Gasteiger partial charge is 0.744 e. The van der Waals surface area contributed by atoms with Gasteiger partial charge >= 0.3 is 0 Å². The summed E-state index contributed by atoms with van der Waals surface area (Å²) in [6.07, 6.45) is 0.855. The minimum atomic E-state index is -4.67. The van der Waals surface area contributed by atoms with Crippen molar-refractivity contribution in [1.82, 2.24) is 16.0 Å².